The summed E-state index contributed by atoms with van der Waals surface area (Å²) in [6, 6.07) is 9.31. The van der Waals surface area contributed by atoms with Gasteiger partial charge in [0.25, 0.3) is 0 Å². The first kappa shape index (κ1) is 19.3. The molecule has 2 aliphatic carbocycles. The molecule has 0 radical (unpaired) electrons. The molecule has 3 fully saturated rings. The number of hydrogen-bond acceptors (Lipinski definition) is 3. The lowest BCUT2D eigenvalue weighted by atomic mass is 9.97. The molecule has 0 bridgehead atoms. The Morgan fingerprint density at radius 3 is 2.59 bits per heavy atom. The minimum absolute atomic E-state index is 0.198. The molecular formula is C24H32FN3O. The van der Waals surface area contributed by atoms with Crippen molar-refractivity contribution in [3.8, 4) is 11.3 Å². The molecule has 4 atom stereocenters. The van der Waals surface area contributed by atoms with E-state index in [1.165, 1.54) is 50.2 Å². The van der Waals surface area contributed by atoms with Crippen molar-refractivity contribution in [3.63, 3.8) is 0 Å². The molecule has 2 saturated carbocycles. The van der Waals surface area contributed by atoms with E-state index in [0.29, 0.717) is 12.0 Å². The summed E-state index contributed by atoms with van der Waals surface area (Å²) >= 11 is 0. The van der Waals surface area contributed by atoms with Crippen LogP contribution in [-0.4, -0.2) is 47.5 Å². The molecule has 1 aromatic carbocycles. The zero-order chi connectivity index (χ0) is 20.0. The molecule has 5 heteroatoms. The second-order valence-corrected chi connectivity index (χ2v) is 9.46. The van der Waals surface area contributed by atoms with Gasteiger partial charge in [0.1, 0.15) is 5.82 Å². The van der Waals surface area contributed by atoms with E-state index in [1.807, 2.05) is 12.1 Å². The Hall–Kier alpha value is -1.72. The van der Waals surface area contributed by atoms with Crippen LogP contribution >= 0.6 is 0 Å². The second kappa shape index (κ2) is 7.84. The SMILES string of the molecule is CC(C)n1nc(-c2ccc(F)cc2)cc1C1[C@H]2CC(CN3CCCOCC3)C[C@@H]12. The van der Waals surface area contributed by atoms with Crippen LogP contribution in [-0.2, 0) is 4.74 Å². The quantitative estimate of drug-likeness (QED) is 0.731. The molecule has 4 nitrogen and oxygen atoms in total. The molecule has 2 aromatic rings. The van der Waals surface area contributed by atoms with E-state index in [4.69, 9.17) is 9.84 Å². The molecule has 5 rings (SSSR count). The van der Waals surface area contributed by atoms with Gasteiger partial charge >= 0.3 is 0 Å². The average Bonchev–Trinajstić information content (AvgIpc) is 3.04. The summed E-state index contributed by atoms with van der Waals surface area (Å²) in [5.74, 6) is 2.93. The van der Waals surface area contributed by atoms with E-state index < -0.39 is 0 Å². The van der Waals surface area contributed by atoms with Gasteiger partial charge in [0.05, 0.1) is 12.3 Å². The maximum absolute atomic E-state index is 13.3. The van der Waals surface area contributed by atoms with E-state index >= 15 is 0 Å². The maximum atomic E-state index is 13.3. The lowest BCUT2D eigenvalue weighted by Crippen LogP contribution is -2.31. The van der Waals surface area contributed by atoms with Gasteiger partial charge < -0.3 is 9.64 Å². The number of nitrogens with zero attached hydrogens (tertiary/aromatic N) is 3. The molecule has 1 saturated heterocycles. The normalized spacial score (nSPS) is 29.8. The predicted molar refractivity (Wildman–Crippen MR) is 112 cm³/mol. The van der Waals surface area contributed by atoms with Crippen LogP contribution in [0.2, 0.25) is 0 Å². The molecule has 0 spiro atoms. The lowest BCUT2D eigenvalue weighted by molar-refractivity contribution is 0.137. The average molecular weight is 398 g/mol. The van der Waals surface area contributed by atoms with Crippen LogP contribution in [0.15, 0.2) is 30.3 Å². The Balaban J connectivity index is 1.27. The Labute approximate surface area is 173 Å². The number of halogens is 1. The highest BCUT2D eigenvalue weighted by Gasteiger charge is 2.57. The summed E-state index contributed by atoms with van der Waals surface area (Å²) in [6.45, 7) is 9.74. The van der Waals surface area contributed by atoms with Crippen molar-refractivity contribution < 1.29 is 9.13 Å². The minimum atomic E-state index is -0.198. The molecule has 29 heavy (non-hydrogen) atoms. The van der Waals surface area contributed by atoms with Crippen molar-refractivity contribution >= 4 is 0 Å². The smallest absolute Gasteiger partial charge is 0.123 e. The first-order valence-electron chi connectivity index (χ1n) is 11.3. The van der Waals surface area contributed by atoms with E-state index in [-0.39, 0.29) is 5.82 Å². The highest BCUT2D eigenvalue weighted by atomic mass is 19.1. The van der Waals surface area contributed by atoms with Crippen molar-refractivity contribution in [2.24, 2.45) is 17.8 Å². The van der Waals surface area contributed by atoms with Gasteiger partial charge in [-0.3, -0.25) is 4.68 Å². The molecule has 1 aromatic heterocycles. The van der Waals surface area contributed by atoms with Crippen molar-refractivity contribution in [1.29, 1.82) is 0 Å². The van der Waals surface area contributed by atoms with Crippen molar-refractivity contribution in [1.82, 2.24) is 14.7 Å². The third kappa shape index (κ3) is 3.87. The van der Waals surface area contributed by atoms with Crippen LogP contribution < -0.4 is 0 Å². The van der Waals surface area contributed by atoms with Gasteiger partial charge in [-0.25, -0.2) is 4.39 Å². The van der Waals surface area contributed by atoms with Crippen molar-refractivity contribution in [3.05, 3.63) is 41.8 Å². The van der Waals surface area contributed by atoms with E-state index in [0.717, 1.165) is 48.8 Å². The molecule has 1 aliphatic heterocycles. The third-order valence-electron chi connectivity index (χ3n) is 7.11. The van der Waals surface area contributed by atoms with E-state index in [9.17, 15) is 4.39 Å². The molecule has 0 amide bonds. The molecule has 156 valence electrons. The van der Waals surface area contributed by atoms with Crippen LogP contribution in [0.5, 0.6) is 0 Å². The number of fused-ring (bicyclic) bond motifs is 1. The van der Waals surface area contributed by atoms with Gasteiger partial charge in [-0.05, 0) is 81.2 Å². The van der Waals surface area contributed by atoms with Gasteiger partial charge in [0.2, 0.25) is 0 Å². The first-order chi connectivity index (χ1) is 14.1. The van der Waals surface area contributed by atoms with Gasteiger partial charge in [-0.2, -0.15) is 5.10 Å². The summed E-state index contributed by atoms with van der Waals surface area (Å²) in [7, 11) is 0. The van der Waals surface area contributed by atoms with Crippen LogP contribution in [0.3, 0.4) is 0 Å². The Bertz CT molecular complexity index is 826. The Morgan fingerprint density at radius 2 is 1.86 bits per heavy atom. The lowest BCUT2D eigenvalue weighted by Gasteiger charge is -2.24. The fourth-order valence-electron chi connectivity index (χ4n) is 5.72. The Morgan fingerprint density at radius 1 is 1.10 bits per heavy atom. The van der Waals surface area contributed by atoms with Crippen LogP contribution in [0.25, 0.3) is 11.3 Å². The summed E-state index contributed by atoms with van der Waals surface area (Å²) in [5.41, 5.74) is 3.36. The van der Waals surface area contributed by atoms with Crippen LogP contribution in [0.1, 0.15) is 50.8 Å². The number of benzene rings is 1. The van der Waals surface area contributed by atoms with Gasteiger partial charge in [0.15, 0.2) is 0 Å². The predicted octanol–water partition coefficient (Wildman–Crippen LogP) is 4.73. The highest BCUT2D eigenvalue weighted by molar-refractivity contribution is 5.60. The first-order valence-corrected chi connectivity index (χ1v) is 11.3. The zero-order valence-corrected chi connectivity index (χ0v) is 17.6. The topological polar surface area (TPSA) is 30.3 Å². The summed E-state index contributed by atoms with van der Waals surface area (Å²) < 4.78 is 21.1. The Kier molecular flexibility index (Phi) is 5.21. The highest BCUT2D eigenvalue weighted by Crippen LogP contribution is 2.65. The molecule has 2 heterocycles. The fraction of sp³-hybridized carbons (Fsp3) is 0.625. The monoisotopic (exact) mass is 397 g/mol. The molecule has 0 N–H and O–H groups in total. The van der Waals surface area contributed by atoms with Crippen LogP contribution in [0, 0.1) is 23.6 Å². The fourth-order valence-corrected chi connectivity index (χ4v) is 5.72. The molecule has 2 unspecified atom stereocenters. The van der Waals surface area contributed by atoms with Crippen LogP contribution in [0.4, 0.5) is 4.39 Å². The van der Waals surface area contributed by atoms with Gasteiger partial charge in [-0.15, -0.1) is 0 Å². The summed E-state index contributed by atoms with van der Waals surface area (Å²) in [5, 5.41) is 4.89. The third-order valence-corrected chi connectivity index (χ3v) is 7.11. The van der Waals surface area contributed by atoms with Crippen molar-refractivity contribution in [2.75, 3.05) is 32.8 Å². The van der Waals surface area contributed by atoms with E-state index in [2.05, 4.69) is 29.5 Å². The standard InChI is InChI=1S/C24H32FN3O/c1-16(2)28-23(14-22(26-28)18-4-6-19(25)7-5-18)24-20-12-17(13-21(20)24)15-27-8-3-10-29-11-9-27/h4-7,14,16-17,20-21,24H,3,8-13,15H2,1-2H3/t17?,20-,21+,24?. The minimum Gasteiger partial charge on any atom is -0.380 e. The summed E-state index contributed by atoms with van der Waals surface area (Å²) in [4.78, 5) is 2.61. The summed E-state index contributed by atoms with van der Waals surface area (Å²) in [6.07, 6.45) is 3.87. The maximum Gasteiger partial charge on any atom is 0.123 e. The number of aromatic nitrogens is 2. The van der Waals surface area contributed by atoms with Gasteiger partial charge in [0, 0.05) is 49.5 Å². The van der Waals surface area contributed by atoms with Gasteiger partial charge in [-0.1, -0.05) is 0 Å². The largest absolute Gasteiger partial charge is 0.380 e. The number of rotatable bonds is 5. The van der Waals surface area contributed by atoms with Crippen molar-refractivity contribution in [2.45, 2.75) is 45.1 Å². The zero-order valence-electron chi connectivity index (χ0n) is 17.6. The number of ether oxygens (including phenoxy) is 1. The second-order valence-electron chi connectivity index (χ2n) is 9.46. The molecule has 3 aliphatic rings. The number of hydrogen-bond donors (Lipinski definition) is 0. The molecular weight excluding hydrogens is 365 g/mol. The van der Waals surface area contributed by atoms with E-state index in [1.54, 1.807) is 0 Å².